The summed E-state index contributed by atoms with van der Waals surface area (Å²) >= 11 is 3.40. The minimum atomic E-state index is 0.671. The SMILES string of the molecule is CCN(CC)CCOc1ncccc1Br. The van der Waals surface area contributed by atoms with E-state index < -0.39 is 0 Å². The fraction of sp³-hybridized carbons (Fsp3) is 0.545. The molecule has 0 spiro atoms. The summed E-state index contributed by atoms with van der Waals surface area (Å²) in [5, 5.41) is 0. The van der Waals surface area contributed by atoms with Gasteiger partial charge in [-0.15, -0.1) is 0 Å². The van der Waals surface area contributed by atoms with Gasteiger partial charge in [-0.3, -0.25) is 0 Å². The van der Waals surface area contributed by atoms with E-state index in [0.29, 0.717) is 12.5 Å². The van der Waals surface area contributed by atoms with E-state index in [0.717, 1.165) is 24.1 Å². The molecule has 0 aliphatic heterocycles. The summed E-state index contributed by atoms with van der Waals surface area (Å²) in [6, 6.07) is 3.81. The highest BCUT2D eigenvalue weighted by Gasteiger charge is 2.02. The first-order valence-corrected chi connectivity index (χ1v) is 6.02. The Hall–Kier alpha value is -0.610. The molecule has 0 saturated carbocycles. The molecule has 0 unspecified atom stereocenters. The van der Waals surface area contributed by atoms with Gasteiger partial charge >= 0.3 is 0 Å². The maximum Gasteiger partial charge on any atom is 0.227 e. The number of pyridine rings is 1. The second-order valence-corrected chi connectivity index (χ2v) is 4.02. The van der Waals surface area contributed by atoms with Crippen molar-refractivity contribution in [3.05, 3.63) is 22.8 Å². The molecule has 1 aromatic heterocycles. The van der Waals surface area contributed by atoms with Gasteiger partial charge in [-0.25, -0.2) is 4.98 Å². The van der Waals surface area contributed by atoms with Gasteiger partial charge in [0, 0.05) is 12.7 Å². The molecule has 0 radical (unpaired) electrons. The minimum Gasteiger partial charge on any atom is -0.476 e. The van der Waals surface area contributed by atoms with Gasteiger partial charge in [0.25, 0.3) is 0 Å². The summed E-state index contributed by atoms with van der Waals surface area (Å²) in [5.41, 5.74) is 0. The molecule has 0 aliphatic rings. The van der Waals surface area contributed by atoms with E-state index in [1.807, 2.05) is 12.1 Å². The summed E-state index contributed by atoms with van der Waals surface area (Å²) in [4.78, 5) is 6.46. The van der Waals surface area contributed by atoms with Crippen LogP contribution in [0.15, 0.2) is 22.8 Å². The number of ether oxygens (including phenoxy) is 1. The van der Waals surface area contributed by atoms with Crippen molar-refractivity contribution < 1.29 is 4.74 Å². The lowest BCUT2D eigenvalue weighted by molar-refractivity contribution is 0.217. The predicted molar refractivity (Wildman–Crippen MR) is 65.2 cm³/mol. The molecule has 15 heavy (non-hydrogen) atoms. The van der Waals surface area contributed by atoms with E-state index in [1.165, 1.54) is 0 Å². The summed E-state index contributed by atoms with van der Waals surface area (Å²) in [7, 11) is 0. The van der Waals surface area contributed by atoms with Gasteiger partial charge in [0.05, 0.1) is 4.47 Å². The molecule has 0 bridgehead atoms. The second kappa shape index (κ2) is 6.80. The Labute approximate surface area is 99.6 Å². The molecule has 0 aromatic carbocycles. The van der Waals surface area contributed by atoms with Crippen LogP contribution in [0.4, 0.5) is 0 Å². The van der Waals surface area contributed by atoms with Crippen LogP contribution in [0, 0.1) is 0 Å². The van der Waals surface area contributed by atoms with Gasteiger partial charge in [-0.05, 0) is 41.2 Å². The topological polar surface area (TPSA) is 25.4 Å². The van der Waals surface area contributed by atoms with Gasteiger partial charge < -0.3 is 9.64 Å². The van der Waals surface area contributed by atoms with E-state index in [4.69, 9.17) is 4.74 Å². The molecule has 0 amide bonds. The molecule has 1 rings (SSSR count). The minimum absolute atomic E-state index is 0.671. The van der Waals surface area contributed by atoms with Crippen molar-refractivity contribution in [3.8, 4) is 5.88 Å². The summed E-state index contributed by atoms with van der Waals surface area (Å²) < 4.78 is 6.48. The third kappa shape index (κ3) is 4.18. The fourth-order valence-corrected chi connectivity index (χ4v) is 1.66. The van der Waals surface area contributed by atoms with Gasteiger partial charge in [0.1, 0.15) is 6.61 Å². The third-order valence-corrected chi connectivity index (χ3v) is 2.87. The molecule has 3 nitrogen and oxygen atoms in total. The molecule has 0 fully saturated rings. The van der Waals surface area contributed by atoms with Crippen molar-refractivity contribution in [2.75, 3.05) is 26.2 Å². The van der Waals surface area contributed by atoms with E-state index in [9.17, 15) is 0 Å². The Kier molecular flexibility index (Phi) is 5.65. The maximum atomic E-state index is 5.57. The van der Waals surface area contributed by atoms with Crippen LogP contribution >= 0.6 is 15.9 Å². The zero-order valence-electron chi connectivity index (χ0n) is 9.24. The zero-order chi connectivity index (χ0) is 11.1. The summed E-state index contributed by atoms with van der Waals surface area (Å²) in [6.45, 7) is 8.04. The Morgan fingerprint density at radius 2 is 2.13 bits per heavy atom. The van der Waals surface area contributed by atoms with Crippen LogP contribution in [0.2, 0.25) is 0 Å². The van der Waals surface area contributed by atoms with Crippen molar-refractivity contribution in [1.82, 2.24) is 9.88 Å². The molecule has 4 heteroatoms. The largest absolute Gasteiger partial charge is 0.476 e. The lowest BCUT2D eigenvalue weighted by Gasteiger charge is -2.17. The molecule has 0 N–H and O–H groups in total. The Morgan fingerprint density at radius 1 is 1.40 bits per heavy atom. The Morgan fingerprint density at radius 3 is 2.73 bits per heavy atom. The lowest BCUT2D eigenvalue weighted by Crippen LogP contribution is -2.28. The van der Waals surface area contributed by atoms with Crippen LogP contribution in [0.1, 0.15) is 13.8 Å². The number of halogens is 1. The average molecular weight is 273 g/mol. The van der Waals surface area contributed by atoms with Gasteiger partial charge in [0.15, 0.2) is 0 Å². The molecule has 0 atom stereocenters. The van der Waals surface area contributed by atoms with E-state index in [2.05, 4.69) is 39.7 Å². The maximum absolute atomic E-state index is 5.57. The Balaban J connectivity index is 2.34. The fourth-order valence-electron chi connectivity index (χ4n) is 1.29. The van der Waals surface area contributed by atoms with Crippen molar-refractivity contribution in [2.45, 2.75) is 13.8 Å². The number of nitrogens with zero attached hydrogens (tertiary/aromatic N) is 2. The van der Waals surface area contributed by atoms with E-state index >= 15 is 0 Å². The van der Waals surface area contributed by atoms with Crippen LogP contribution in [0.5, 0.6) is 5.88 Å². The van der Waals surface area contributed by atoms with E-state index in [-0.39, 0.29) is 0 Å². The van der Waals surface area contributed by atoms with Crippen LogP contribution in [-0.4, -0.2) is 36.1 Å². The number of likely N-dealkylation sites (N-methyl/N-ethyl adjacent to an activating group) is 1. The summed E-state index contributed by atoms with van der Waals surface area (Å²) in [5.74, 6) is 0.671. The number of hydrogen-bond donors (Lipinski definition) is 0. The zero-order valence-corrected chi connectivity index (χ0v) is 10.8. The highest BCUT2D eigenvalue weighted by atomic mass is 79.9. The second-order valence-electron chi connectivity index (χ2n) is 3.17. The van der Waals surface area contributed by atoms with Crippen molar-refractivity contribution >= 4 is 15.9 Å². The predicted octanol–water partition coefficient (Wildman–Crippen LogP) is 2.56. The van der Waals surface area contributed by atoms with Gasteiger partial charge in [-0.1, -0.05) is 13.8 Å². The first kappa shape index (κ1) is 12.5. The summed E-state index contributed by atoms with van der Waals surface area (Å²) in [6.07, 6.45) is 1.73. The highest BCUT2D eigenvalue weighted by molar-refractivity contribution is 9.10. The number of aromatic nitrogens is 1. The molecule has 0 aliphatic carbocycles. The first-order valence-electron chi connectivity index (χ1n) is 5.23. The van der Waals surface area contributed by atoms with Crippen LogP contribution in [0.25, 0.3) is 0 Å². The first-order chi connectivity index (χ1) is 7.27. The molecule has 1 aromatic rings. The molecular weight excluding hydrogens is 256 g/mol. The molecule has 0 saturated heterocycles. The lowest BCUT2D eigenvalue weighted by atomic mass is 10.5. The van der Waals surface area contributed by atoms with Crippen LogP contribution < -0.4 is 4.74 Å². The smallest absolute Gasteiger partial charge is 0.227 e. The van der Waals surface area contributed by atoms with Crippen molar-refractivity contribution in [1.29, 1.82) is 0 Å². The molecular formula is C11H17BrN2O. The van der Waals surface area contributed by atoms with Gasteiger partial charge in [-0.2, -0.15) is 0 Å². The third-order valence-electron chi connectivity index (χ3n) is 2.27. The number of rotatable bonds is 6. The highest BCUT2D eigenvalue weighted by Crippen LogP contribution is 2.20. The Bertz CT molecular complexity index is 290. The molecule has 84 valence electrons. The normalized spacial score (nSPS) is 10.7. The average Bonchev–Trinajstić information content (AvgIpc) is 2.27. The van der Waals surface area contributed by atoms with Crippen molar-refractivity contribution in [3.63, 3.8) is 0 Å². The van der Waals surface area contributed by atoms with Crippen LogP contribution in [0.3, 0.4) is 0 Å². The monoisotopic (exact) mass is 272 g/mol. The number of hydrogen-bond acceptors (Lipinski definition) is 3. The quantitative estimate of drug-likeness (QED) is 0.796. The molecule has 1 heterocycles. The standard InChI is InChI=1S/C11H17BrN2O/c1-3-14(4-2)8-9-15-11-10(12)6-5-7-13-11/h5-7H,3-4,8-9H2,1-2H3. The van der Waals surface area contributed by atoms with Crippen LogP contribution in [-0.2, 0) is 0 Å². The van der Waals surface area contributed by atoms with Gasteiger partial charge in [0.2, 0.25) is 5.88 Å². The van der Waals surface area contributed by atoms with E-state index in [1.54, 1.807) is 6.20 Å². The van der Waals surface area contributed by atoms with Crippen molar-refractivity contribution in [2.24, 2.45) is 0 Å².